The van der Waals surface area contributed by atoms with Crippen LogP contribution in [0.4, 0.5) is 5.69 Å². The number of nitrogens with zero attached hydrogens (tertiary/aromatic N) is 1. The van der Waals surface area contributed by atoms with E-state index in [1.165, 1.54) is 95.5 Å². The van der Waals surface area contributed by atoms with Gasteiger partial charge in [-0.2, -0.15) is 0 Å². The molecule has 6 heteroatoms. The molecular formula is C32H53NO4S. The molecule has 1 rings (SSSR count). The van der Waals surface area contributed by atoms with Crippen LogP contribution in [0.25, 0.3) is 0 Å². The maximum atomic E-state index is 13.1. The van der Waals surface area contributed by atoms with Gasteiger partial charge in [-0.15, -0.1) is 0 Å². The third-order valence-corrected chi connectivity index (χ3v) is 8.25. The van der Waals surface area contributed by atoms with Crippen LogP contribution in [-0.2, 0) is 19.1 Å². The number of carbonyl (C=O) groups is 3. The summed E-state index contributed by atoms with van der Waals surface area (Å²) in [5.74, 6) is -0.698. The van der Waals surface area contributed by atoms with Crippen molar-refractivity contribution in [3.05, 3.63) is 28.8 Å². The number of methoxy groups -OCH3 is 1. The Morgan fingerprint density at radius 2 is 1.21 bits per heavy atom. The quantitative estimate of drug-likeness (QED) is 0.114. The third-order valence-electron chi connectivity index (χ3n) is 7.33. The van der Waals surface area contributed by atoms with Crippen LogP contribution in [0.15, 0.2) is 12.1 Å². The van der Waals surface area contributed by atoms with Gasteiger partial charge >= 0.3 is 5.97 Å². The largest absolute Gasteiger partial charge is 0.468 e. The van der Waals surface area contributed by atoms with Crippen molar-refractivity contribution in [1.82, 2.24) is 0 Å². The minimum atomic E-state index is -0.479. The van der Waals surface area contributed by atoms with E-state index in [1.807, 2.05) is 32.9 Å². The van der Waals surface area contributed by atoms with E-state index < -0.39 is 5.97 Å². The van der Waals surface area contributed by atoms with Crippen LogP contribution in [0.1, 0.15) is 126 Å². The Bertz CT molecular complexity index is 839. The standard InChI is InChI=1S/C32H53NO4S/c1-6-7-8-9-10-11-12-13-14-15-16-17-18-19-20-21-31(36)38-25-29(34)33(24-30(35)37-5)32-27(3)23-22-26(2)28(32)4/h22-23H,6-21,24-25H2,1-5H3. The van der Waals surface area contributed by atoms with Crippen molar-refractivity contribution in [2.75, 3.05) is 24.3 Å². The minimum Gasteiger partial charge on any atom is -0.468 e. The molecule has 0 N–H and O–H groups in total. The summed E-state index contributed by atoms with van der Waals surface area (Å²) in [5.41, 5.74) is 3.65. The lowest BCUT2D eigenvalue weighted by atomic mass is 10.0. The lowest BCUT2D eigenvalue weighted by Gasteiger charge is -2.26. The van der Waals surface area contributed by atoms with E-state index in [2.05, 4.69) is 6.92 Å². The zero-order chi connectivity index (χ0) is 28.2. The molecule has 0 unspecified atom stereocenters. The Morgan fingerprint density at radius 1 is 0.737 bits per heavy atom. The molecule has 0 aliphatic carbocycles. The van der Waals surface area contributed by atoms with Crippen molar-refractivity contribution in [3.8, 4) is 0 Å². The summed E-state index contributed by atoms with van der Waals surface area (Å²) in [5, 5.41) is 0.0451. The first-order valence-corrected chi connectivity index (χ1v) is 15.9. The number of ether oxygens (including phenoxy) is 1. The average molecular weight is 548 g/mol. The van der Waals surface area contributed by atoms with Crippen molar-refractivity contribution in [1.29, 1.82) is 0 Å². The van der Waals surface area contributed by atoms with Crippen LogP contribution in [0, 0.1) is 20.8 Å². The van der Waals surface area contributed by atoms with Gasteiger partial charge in [0.2, 0.25) is 5.91 Å². The SMILES string of the molecule is CCCCCCCCCCCCCCCCCC(=O)SCC(=O)N(CC(=O)OC)c1c(C)ccc(C)c1C. The smallest absolute Gasteiger partial charge is 0.325 e. The first kappa shape index (κ1) is 34.2. The van der Waals surface area contributed by atoms with Crippen LogP contribution in [0.2, 0.25) is 0 Å². The highest BCUT2D eigenvalue weighted by molar-refractivity contribution is 8.14. The number of unbranched alkanes of at least 4 members (excludes halogenated alkanes) is 14. The zero-order valence-corrected chi connectivity index (χ0v) is 25.7. The maximum Gasteiger partial charge on any atom is 0.325 e. The lowest BCUT2D eigenvalue weighted by Crippen LogP contribution is -2.38. The van der Waals surface area contributed by atoms with Gasteiger partial charge in [-0.1, -0.05) is 121 Å². The van der Waals surface area contributed by atoms with E-state index in [0.29, 0.717) is 6.42 Å². The molecule has 0 heterocycles. The fourth-order valence-electron chi connectivity index (χ4n) is 4.77. The highest BCUT2D eigenvalue weighted by Gasteiger charge is 2.24. The van der Waals surface area contributed by atoms with E-state index >= 15 is 0 Å². The summed E-state index contributed by atoms with van der Waals surface area (Å²) in [6, 6.07) is 3.95. The van der Waals surface area contributed by atoms with E-state index in [-0.39, 0.29) is 23.3 Å². The van der Waals surface area contributed by atoms with Gasteiger partial charge in [-0.05, 0) is 43.9 Å². The Balaban J connectivity index is 2.23. The van der Waals surface area contributed by atoms with Crippen LogP contribution in [0.3, 0.4) is 0 Å². The van der Waals surface area contributed by atoms with Crippen LogP contribution in [-0.4, -0.2) is 36.4 Å². The second-order valence-electron chi connectivity index (χ2n) is 10.6. The number of anilines is 1. The molecular weight excluding hydrogens is 494 g/mol. The summed E-state index contributed by atoms with van der Waals surface area (Å²) in [6.07, 6.45) is 19.9. The van der Waals surface area contributed by atoms with Gasteiger partial charge in [-0.25, -0.2) is 0 Å². The number of hydrogen-bond donors (Lipinski definition) is 0. The van der Waals surface area contributed by atoms with E-state index in [9.17, 15) is 14.4 Å². The van der Waals surface area contributed by atoms with E-state index in [0.717, 1.165) is 47.0 Å². The Labute approximate surface area is 236 Å². The maximum absolute atomic E-state index is 13.1. The molecule has 0 radical (unpaired) electrons. The first-order valence-electron chi connectivity index (χ1n) is 14.9. The van der Waals surface area contributed by atoms with Crippen molar-refractivity contribution in [3.63, 3.8) is 0 Å². The van der Waals surface area contributed by atoms with Crippen LogP contribution < -0.4 is 4.90 Å². The lowest BCUT2D eigenvalue weighted by molar-refractivity contribution is -0.139. The second kappa shape index (κ2) is 21.1. The number of rotatable bonds is 21. The number of carbonyl (C=O) groups excluding carboxylic acids is 3. The predicted octanol–water partition coefficient (Wildman–Crippen LogP) is 8.64. The van der Waals surface area contributed by atoms with Crippen molar-refractivity contribution < 1.29 is 19.1 Å². The van der Waals surface area contributed by atoms with Gasteiger partial charge in [0.05, 0.1) is 18.6 Å². The van der Waals surface area contributed by atoms with Gasteiger partial charge in [0.15, 0.2) is 5.12 Å². The topological polar surface area (TPSA) is 63.7 Å². The summed E-state index contributed by atoms with van der Waals surface area (Å²) in [4.78, 5) is 39.0. The highest BCUT2D eigenvalue weighted by atomic mass is 32.2. The summed E-state index contributed by atoms with van der Waals surface area (Å²) < 4.78 is 4.82. The number of hydrogen-bond acceptors (Lipinski definition) is 5. The Hall–Kier alpha value is -1.82. The number of thioether (sulfide) groups is 1. The zero-order valence-electron chi connectivity index (χ0n) is 24.9. The molecule has 0 bridgehead atoms. The molecule has 0 aromatic heterocycles. The monoisotopic (exact) mass is 547 g/mol. The first-order chi connectivity index (χ1) is 18.3. The van der Waals surface area contributed by atoms with Gasteiger partial charge in [0.1, 0.15) is 6.54 Å². The van der Waals surface area contributed by atoms with E-state index in [1.54, 1.807) is 0 Å². The highest BCUT2D eigenvalue weighted by Crippen LogP contribution is 2.28. The predicted molar refractivity (Wildman–Crippen MR) is 162 cm³/mol. The molecule has 0 saturated heterocycles. The molecule has 5 nitrogen and oxygen atoms in total. The molecule has 0 saturated carbocycles. The van der Waals surface area contributed by atoms with Crippen LogP contribution in [0.5, 0.6) is 0 Å². The molecule has 1 aromatic carbocycles. The molecule has 0 spiro atoms. The van der Waals surface area contributed by atoms with Crippen molar-refractivity contribution in [2.24, 2.45) is 0 Å². The Kier molecular flexibility index (Phi) is 19.0. The molecule has 0 aliphatic heterocycles. The van der Waals surface area contributed by atoms with Crippen molar-refractivity contribution >= 4 is 34.4 Å². The summed E-state index contributed by atoms with van der Waals surface area (Å²) in [7, 11) is 1.32. The fraction of sp³-hybridized carbons (Fsp3) is 0.719. The number of aryl methyl sites for hydroxylation is 2. The second-order valence-corrected chi connectivity index (χ2v) is 11.6. The molecule has 38 heavy (non-hydrogen) atoms. The number of amides is 1. The van der Waals surface area contributed by atoms with Gasteiger partial charge in [-0.3, -0.25) is 19.3 Å². The van der Waals surface area contributed by atoms with Crippen LogP contribution >= 0.6 is 11.8 Å². The molecule has 0 aliphatic rings. The average Bonchev–Trinajstić information content (AvgIpc) is 2.91. The fourth-order valence-corrected chi connectivity index (χ4v) is 5.50. The summed E-state index contributed by atoms with van der Waals surface area (Å²) in [6.45, 7) is 7.96. The molecule has 1 aromatic rings. The number of benzene rings is 1. The van der Waals surface area contributed by atoms with E-state index in [4.69, 9.17) is 4.74 Å². The Morgan fingerprint density at radius 3 is 1.71 bits per heavy atom. The minimum absolute atomic E-state index is 0.0292. The van der Waals surface area contributed by atoms with Crippen molar-refractivity contribution in [2.45, 2.75) is 130 Å². The van der Waals surface area contributed by atoms with Gasteiger partial charge in [0.25, 0.3) is 0 Å². The third kappa shape index (κ3) is 14.4. The molecule has 216 valence electrons. The number of esters is 1. The molecule has 0 fully saturated rings. The van der Waals surface area contributed by atoms with Gasteiger partial charge < -0.3 is 4.74 Å². The molecule has 0 atom stereocenters. The van der Waals surface area contributed by atoms with Gasteiger partial charge in [0, 0.05) is 6.42 Å². The molecule has 1 amide bonds. The normalized spacial score (nSPS) is 11.0. The summed E-state index contributed by atoms with van der Waals surface area (Å²) >= 11 is 1.06.